The molecule has 0 atom stereocenters. The maximum Gasteiger partial charge on any atom is 0.278 e. The summed E-state index contributed by atoms with van der Waals surface area (Å²) in [6.07, 6.45) is 1.75. The van der Waals surface area contributed by atoms with Crippen LogP contribution in [-0.2, 0) is 24.8 Å². The van der Waals surface area contributed by atoms with Gasteiger partial charge in [0.15, 0.2) is 5.52 Å². The number of aromatic amines is 1. The molecule has 3 aromatic rings. The minimum atomic E-state index is -0.168. The van der Waals surface area contributed by atoms with Gasteiger partial charge in [-0.25, -0.2) is 4.98 Å². The van der Waals surface area contributed by atoms with Gasteiger partial charge in [0, 0.05) is 40.3 Å². The van der Waals surface area contributed by atoms with Crippen LogP contribution in [-0.4, -0.2) is 71.2 Å². The lowest BCUT2D eigenvalue weighted by Gasteiger charge is -2.26. The third-order valence-corrected chi connectivity index (χ3v) is 5.72. The normalized spacial score (nSPS) is 14.7. The molecule has 0 unspecified atom stereocenters. The molecular formula is C23H32N6O3. The SMILES string of the molecule is CCCc1nn(C)c2c(=O)[nH]c(N(C)Cc3ccc(OCCN4CCOCC4)cc3)nc12. The number of nitrogens with zero attached hydrogens (tertiary/aromatic N) is 5. The highest BCUT2D eigenvalue weighted by Gasteiger charge is 2.16. The molecule has 1 N–H and O–H groups in total. The summed E-state index contributed by atoms with van der Waals surface area (Å²) in [5, 5.41) is 4.48. The summed E-state index contributed by atoms with van der Waals surface area (Å²) in [6, 6.07) is 8.07. The van der Waals surface area contributed by atoms with Crippen LogP contribution in [0.4, 0.5) is 5.95 Å². The summed E-state index contributed by atoms with van der Waals surface area (Å²) in [5.41, 5.74) is 3.01. The zero-order valence-electron chi connectivity index (χ0n) is 19.1. The van der Waals surface area contributed by atoms with Gasteiger partial charge in [-0.1, -0.05) is 25.5 Å². The van der Waals surface area contributed by atoms with E-state index in [1.54, 1.807) is 11.7 Å². The van der Waals surface area contributed by atoms with Crippen molar-refractivity contribution in [2.75, 3.05) is 51.4 Å². The molecule has 172 valence electrons. The molecule has 3 heterocycles. The molecule has 4 rings (SSSR count). The largest absolute Gasteiger partial charge is 0.492 e. The minimum absolute atomic E-state index is 0.168. The van der Waals surface area contributed by atoms with Crippen LogP contribution in [0.2, 0.25) is 0 Å². The van der Waals surface area contributed by atoms with E-state index in [2.05, 4.69) is 21.9 Å². The molecule has 0 radical (unpaired) electrons. The van der Waals surface area contributed by atoms with Crippen molar-refractivity contribution in [3.63, 3.8) is 0 Å². The third kappa shape index (κ3) is 5.11. The van der Waals surface area contributed by atoms with Gasteiger partial charge in [-0.2, -0.15) is 5.10 Å². The predicted octanol–water partition coefficient (Wildman–Crippen LogP) is 1.96. The van der Waals surface area contributed by atoms with Crippen LogP contribution in [0.3, 0.4) is 0 Å². The van der Waals surface area contributed by atoms with Gasteiger partial charge in [0.25, 0.3) is 5.56 Å². The van der Waals surface area contributed by atoms with Gasteiger partial charge in [-0.15, -0.1) is 0 Å². The fraction of sp³-hybridized carbons (Fsp3) is 0.522. The van der Waals surface area contributed by atoms with E-state index in [1.807, 2.05) is 36.2 Å². The first-order valence-corrected chi connectivity index (χ1v) is 11.2. The number of anilines is 1. The number of H-pyrrole nitrogens is 1. The van der Waals surface area contributed by atoms with E-state index in [0.29, 0.717) is 30.1 Å². The summed E-state index contributed by atoms with van der Waals surface area (Å²) in [7, 11) is 3.71. The number of hydrogen-bond acceptors (Lipinski definition) is 7. The summed E-state index contributed by atoms with van der Waals surface area (Å²) >= 11 is 0. The van der Waals surface area contributed by atoms with E-state index in [0.717, 1.165) is 62.7 Å². The molecule has 32 heavy (non-hydrogen) atoms. The number of hydrogen-bond donors (Lipinski definition) is 1. The highest BCUT2D eigenvalue weighted by atomic mass is 16.5. The van der Waals surface area contributed by atoms with Gasteiger partial charge < -0.3 is 14.4 Å². The Morgan fingerprint density at radius 2 is 1.97 bits per heavy atom. The molecule has 1 aliphatic heterocycles. The number of nitrogens with one attached hydrogen (secondary N) is 1. The molecule has 1 fully saturated rings. The second-order valence-electron chi connectivity index (χ2n) is 8.21. The van der Waals surface area contributed by atoms with E-state index in [9.17, 15) is 4.79 Å². The highest BCUT2D eigenvalue weighted by Crippen LogP contribution is 2.19. The van der Waals surface area contributed by atoms with E-state index in [-0.39, 0.29) is 5.56 Å². The highest BCUT2D eigenvalue weighted by molar-refractivity contribution is 5.77. The third-order valence-electron chi connectivity index (χ3n) is 5.72. The lowest BCUT2D eigenvalue weighted by molar-refractivity contribution is 0.0322. The topological polar surface area (TPSA) is 88.5 Å². The predicted molar refractivity (Wildman–Crippen MR) is 124 cm³/mol. The quantitative estimate of drug-likeness (QED) is 0.544. The molecule has 1 aromatic carbocycles. The molecule has 9 nitrogen and oxygen atoms in total. The van der Waals surface area contributed by atoms with Gasteiger partial charge in [0.2, 0.25) is 5.95 Å². The average molecular weight is 441 g/mol. The Morgan fingerprint density at radius 1 is 1.22 bits per heavy atom. The molecule has 0 bridgehead atoms. The number of ether oxygens (including phenoxy) is 2. The first kappa shape index (κ1) is 22.3. The van der Waals surface area contributed by atoms with Crippen molar-refractivity contribution in [3.8, 4) is 5.75 Å². The van der Waals surface area contributed by atoms with Gasteiger partial charge in [-0.05, 0) is 24.1 Å². The first-order valence-electron chi connectivity index (χ1n) is 11.2. The maximum atomic E-state index is 12.6. The van der Waals surface area contributed by atoms with Crippen LogP contribution in [0.25, 0.3) is 11.0 Å². The molecule has 9 heteroatoms. The average Bonchev–Trinajstić information content (AvgIpc) is 3.11. The maximum absolute atomic E-state index is 12.6. The lowest BCUT2D eigenvalue weighted by atomic mass is 10.2. The lowest BCUT2D eigenvalue weighted by Crippen LogP contribution is -2.38. The standard InChI is InChI=1S/C23H32N6O3/c1-4-5-19-20-21(28(3)26-19)22(30)25-23(24-20)27(2)16-17-6-8-18(9-7-17)32-15-12-29-10-13-31-14-11-29/h6-9H,4-5,10-16H2,1-3H3,(H,24,25,30). The molecule has 1 aliphatic rings. The summed E-state index contributed by atoms with van der Waals surface area (Å²) < 4.78 is 12.9. The summed E-state index contributed by atoms with van der Waals surface area (Å²) in [5.74, 6) is 1.40. The Morgan fingerprint density at radius 3 is 2.69 bits per heavy atom. The number of aryl methyl sites for hydroxylation is 2. The van der Waals surface area contributed by atoms with Crippen LogP contribution in [0.5, 0.6) is 5.75 Å². The zero-order valence-corrected chi connectivity index (χ0v) is 19.1. The smallest absolute Gasteiger partial charge is 0.278 e. The molecule has 0 amide bonds. The van der Waals surface area contributed by atoms with Crippen LogP contribution in [0.15, 0.2) is 29.1 Å². The van der Waals surface area contributed by atoms with E-state index >= 15 is 0 Å². The summed E-state index contributed by atoms with van der Waals surface area (Å²) in [6.45, 7) is 7.82. The van der Waals surface area contributed by atoms with E-state index < -0.39 is 0 Å². The molecule has 0 saturated carbocycles. The summed E-state index contributed by atoms with van der Waals surface area (Å²) in [4.78, 5) is 24.6. The van der Waals surface area contributed by atoms with E-state index in [4.69, 9.17) is 14.5 Å². The minimum Gasteiger partial charge on any atom is -0.492 e. The van der Waals surface area contributed by atoms with Crippen LogP contribution in [0, 0.1) is 0 Å². The van der Waals surface area contributed by atoms with Crippen molar-refractivity contribution in [1.82, 2.24) is 24.6 Å². The molecule has 0 spiro atoms. The Bertz CT molecular complexity index is 1090. The van der Waals surface area contributed by atoms with Crippen molar-refractivity contribution in [1.29, 1.82) is 0 Å². The van der Waals surface area contributed by atoms with Crippen molar-refractivity contribution < 1.29 is 9.47 Å². The Balaban J connectivity index is 1.39. The zero-order chi connectivity index (χ0) is 22.5. The second kappa shape index (κ2) is 10.1. The van der Waals surface area contributed by atoms with Crippen molar-refractivity contribution in [3.05, 3.63) is 45.9 Å². The number of aromatic nitrogens is 4. The van der Waals surface area contributed by atoms with Gasteiger partial charge in [-0.3, -0.25) is 19.4 Å². The van der Waals surface area contributed by atoms with Gasteiger partial charge >= 0.3 is 0 Å². The van der Waals surface area contributed by atoms with Crippen molar-refractivity contribution in [2.45, 2.75) is 26.3 Å². The van der Waals surface area contributed by atoms with E-state index in [1.165, 1.54) is 0 Å². The Labute approximate surface area is 187 Å². The molecule has 1 saturated heterocycles. The molecule has 0 aliphatic carbocycles. The number of fused-ring (bicyclic) bond motifs is 1. The van der Waals surface area contributed by atoms with Crippen LogP contribution >= 0.6 is 0 Å². The Hall–Kier alpha value is -2.91. The van der Waals surface area contributed by atoms with Crippen molar-refractivity contribution in [2.24, 2.45) is 7.05 Å². The fourth-order valence-corrected chi connectivity index (χ4v) is 3.98. The monoisotopic (exact) mass is 440 g/mol. The van der Waals surface area contributed by atoms with Gasteiger partial charge in [0.1, 0.15) is 17.9 Å². The first-order chi connectivity index (χ1) is 15.5. The van der Waals surface area contributed by atoms with Crippen LogP contribution in [0.1, 0.15) is 24.6 Å². The van der Waals surface area contributed by atoms with Crippen molar-refractivity contribution >= 4 is 17.0 Å². The number of morpholine rings is 1. The van der Waals surface area contributed by atoms with Crippen LogP contribution < -0.4 is 15.2 Å². The molecular weight excluding hydrogens is 408 g/mol. The second-order valence-corrected chi connectivity index (χ2v) is 8.21. The Kier molecular flexibility index (Phi) is 7.06. The molecule has 2 aromatic heterocycles. The number of benzene rings is 1. The number of rotatable bonds is 9. The fourth-order valence-electron chi connectivity index (χ4n) is 3.98. The van der Waals surface area contributed by atoms with Gasteiger partial charge in [0.05, 0.1) is 18.9 Å².